The van der Waals surface area contributed by atoms with Gasteiger partial charge in [0.05, 0.1) is 6.10 Å². The first kappa shape index (κ1) is 13.8. The lowest BCUT2D eigenvalue weighted by molar-refractivity contribution is 0.0386. The summed E-state index contributed by atoms with van der Waals surface area (Å²) >= 11 is 0. The van der Waals surface area contributed by atoms with Crippen LogP contribution in [0.3, 0.4) is 0 Å². The standard InChI is InChI=1S/C18H28N2O/c1-12-9-16-17(7-4-8-18(16)21)20(12)15-10-13-5-3-6-14(11-15)19(13)2/h9,13-15,18,21H,3-8,10-11H2,1-2H3. The second kappa shape index (κ2) is 5.13. The lowest BCUT2D eigenvalue weighted by Crippen LogP contribution is -2.50. The number of aromatic nitrogens is 1. The Labute approximate surface area is 127 Å². The van der Waals surface area contributed by atoms with Crippen LogP contribution in [-0.4, -0.2) is 33.7 Å². The zero-order chi connectivity index (χ0) is 14.6. The summed E-state index contributed by atoms with van der Waals surface area (Å²) in [6, 6.07) is 4.46. The van der Waals surface area contributed by atoms with Crippen LogP contribution in [0.5, 0.6) is 0 Å². The fourth-order valence-corrected chi connectivity index (χ4v) is 5.21. The second-order valence-electron chi connectivity index (χ2n) is 7.50. The van der Waals surface area contributed by atoms with Gasteiger partial charge < -0.3 is 14.6 Å². The maximum Gasteiger partial charge on any atom is 0.0807 e. The fraction of sp³-hybridized carbons (Fsp3) is 0.778. The molecule has 3 heterocycles. The van der Waals surface area contributed by atoms with Gasteiger partial charge >= 0.3 is 0 Å². The van der Waals surface area contributed by atoms with Crippen molar-refractivity contribution in [1.82, 2.24) is 9.47 Å². The molecule has 4 rings (SSSR count). The van der Waals surface area contributed by atoms with Crippen molar-refractivity contribution in [3.8, 4) is 0 Å². The van der Waals surface area contributed by atoms with Crippen LogP contribution < -0.4 is 0 Å². The highest BCUT2D eigenvalue weighted by molar-refractivity contribution is 5.32. The maximum atomic E-state index is 10.3. The topological polar surface area (TPSA) is 28.4 Å². The molecule has 1 aromatic rings. The summed E-state index contributed by atoms with van der Waals surface area (Å²) in [5.74, 6) is 0. The van der Waals surface area contributed by atoms with Gasteiger partial charge in [-0.15, -0.1) is 0 Å². The Morgan fingerprint density at radius 2 is 1.76 bits per heavy atom. The zero-order valence-corrected chi connectivity index (χ0v) is 13.4. The number of piperidine rings is 2. The number of aliphatic hydroxyl groups excluding tert-OH is 1. The van der Waals surface area contributed by atoms with E-state index < -0.39 is 0 Å². The van der Waals surface area contributed by atoms with Crippen molar-refractivity contribution in [2.75, 3.05) is 7.05 Å². The van der Waals surface area contributed by atoms with Crippen LogP contribution in [0.25, 0.3) is 0 Å². The molecule has 0 radical (unpaired) electrons. The summed E-state index contributed by atoms with van der Waals surface area (Å²) in [7, 11) is 2.33. The molecule has 0 amide bonds. The lowest BCUT2D eigenvalue weighted by Gasteiger charge is -2.48. The summed E-state index contributed by atoms with van der Waals surface area (Å²) < 4.78 is 2.61. The van der Waals surface area contributed by atoms with Crippen LogP contribution in [0.15, 0.2) is 6.07 Å². The lowest BCUT2D eigenvalue weighted by atomic mass is 9.82. The molecule has 21 heavy (non-hydrogen) atoms. The molecule has 3 nitrogen and oxygen atoms in total. The highest BCUT2D eigenvalue weighted by Gasteiger charge is 2.38. The van der Waals surface area contributed by atoms with Crippen molar-refractivity contribution in [3.63, 3.8) is 0 Å². The molecule has 3 heteroatoms. The molecule has 3 unspecified atom stereocenters. The van der Waals surface area contributed by atoms with Crippen molar-refractivity contribution < 1.29 is 5.11 Å². The third-order valence-corrected chi connectivity index (χ3v) is 6.30. The van der Waals surface area contributed by atoms with Crippen LogP contribution in [-0.2, 0) is 6.42 Å². The van der Waals surface area contributed by atoms with Gasteiger partial charge in [0.15, 0.2) is 0 Å². The smallest absolute Gasteiger partial charge is 0.0807 e. The fourth-order valence-electron chi connectivity index (χ4n) is 5.21. The Morgan fingerprint density at radius 3 is 2.48 bits per heavy atom. The quantitative estimate of drug-likeness (QED) is 0.858. The molecular formula is C18H28N2O. The number of aryl methyl sites for hydroxylation is 1. The molecule has 3 atom stereocenters. The number of nitrogens with zero attached hydrogens (tertiary/aromatic N) is 2. The Balaban J connectivity index is 1.68. The van der Waals surface area contributed by atoms with E-state index in [4.69, 9.17) is 0 Å². The molecule has 0 saturated carbocycles. The number of hydrogen-bond donors (Lipinski definition) is 1. The largest absolute Gasteiger partial charge is 0.388 e. The monoisotopic (exact) mass is 288 g/mol. The third-order valence-electron chi connectivity index (χ3n) is 6.30. The number of rotatable bonds is 1. The van der Waals surface area contributed by atoms with Crippen LogP contribution in [0, 0.1) is 6.92 Å². The molecular weight excluding hydrogens is 260 g/mol. The van der Waals surface area contributed by atoms with Gasteiger partial charge in [0.2, 0.25) is 0 Å². The van der Waals surface area contributed by atoms with Crippen LogP contribution >= 0.6 is 0 Å². The first-order valence-electron chi connectivity index (χ1n) is 8.75. The van der Waals surface area contributed by atoms with E-state index in [0.717, 1.165) is 31.3 Å². The van der Waals surface area contributed by atoms with Gasteiger partial charge in [-0.2, -0.15) is 0 Å². The van der Waals surface area contributed by atoms with Crippen molar-refractivity contribution in [2.45, 2.75) is 82.5 Å². The normalized spacial score (nSPS) is 36.5. The molecule has 116 valence electrons. The molecule has 1 N–H and O–H groups in total. The minimum absolute atomic E-state index is 0.223. The van der Waals surface area contributed by atoms with Gasteiger partial charge in [-0.1, -0.05) is 6.42 Å². The molecule has 2 aliphatic heterocycles. The van der Waals surface area contributed by atoms with E-state index in [0.29, 0.717) is 6.04 Å². The highest BCUT2D eigenvalue weighted by atomic mass is 16.3. The van der Waals surface area contributed by atoms with Crippen molar-refractivity contribution in [1.29, 1.82) is 0 Å². The van der Waals surface area contributed by atoms with E-state index in [1.54, 1.807) is 0 Å². The van der Waals surface area contributed by atoms with Crippen LogP contribution in [0.2, 0.25) is 0 Å². The molecule has 3 aliphatic rings. The number of hydrogen-bond acceptors (Lipinski definition) is 2. The van der Waals surface area contributed by atoms with Gasteiger partial charge in [-0.3, -0.25) is 0 Å². The predicted molar refractivity (Wildman–Crippen MR) is 84.5 cm³/mol. The summed E-state index contributed by atoms with van der Waals surface area (Å²) in [5, 5.41) is 10.3. The van der Waals surface area contributed by atoms with E-state index in [1.807, 2.05) is 0 Å². The van der Waals surface area contributed by atoms with E-state index in [9.17, 15) is 5.11 Å². The zero-order valence-electron chi connectivity index (χ0n) is 13.4. The molecule has 0 spiro atoms. The van der Waals surface area contributed by atoms with Gasteiger partial charge in [0.1, 0.15) is 0 Å². The molecule has 0 aromatic carbocycles. The SMILES string of the molecule is Cc1cc2c(n1C1CC3CCCC(C1)N3C)CCCC2O. The molecule has 2 saturated heterocycles. The number of aliphatic hydroxyl groups is 1. The van der Waals surface area contributed by atoms with E-state index >= 15 is 0 Å². The molecule has 2 fully saturated rings. The Morgan fingerprint density at radius 1 is 1.05 bits per heavy atom. The first-order chi connectivity index (χ1) is 10.1. The van der Waals surface area contributed by atoms with E-state index in [1.165, 1.54) is 49.1 Å². The van der Waals surface area contributed by atoms with Gasteiger partial charge in [-0.25, -0.2) is 0 Å². The predicted octanol–water partition coefficient (Wildman–Crippen LogP) is 3.35. The van der Waals surface area contributed by atoms with Gasteiger partial charge in [-0.05, 0) is 65.0 Å². The highest BCUT2D eigenvalue weighted by Crippen LogP contribution is 2.42. The molecule has 2 bridgehead atoms. The summed E-state index contributed by atoms with van der Waals surface area (Å²) in [4.78, 5) is 2.64. The van der Waals surface area contributed by atoms with Crippen LogP contribution in [0.4, 0.5) is 0 Å². The van der Waals surface area contributed by atoms with E-state index in [-0.39, 0.29) is 6.10 Å². The summed E-state index contributed by atoms with van der Waals surface area (Å²) in [6.45, 7) is 2.24. The molecule has 1 aromatic heterocycles. The summed E-state index contributed by atoms with van der Waals surface area (Å²) in [6.07, 6.45) is 9.75. The summed E-state index contributed by atoms with van der Waals surface area (Å²) in [5.41, 5.74) is 4.04. The molecule has 1 aliphatic carbocycles. The average molecular weight is 288 g/mol. The minimum atomic E-state index is -0.223. The second-order valence-corrected chi connectivity index (χ2v) is 7.50. The average Bonchev–Trinajstić information content (AvgIpc) is 2.77. The number of fused-ring (bicyclic) bond motifs is 3. The Bertz CT molecular complexity index is 522. The Kier molecular flexibility index (Phi) is 3.38. The Hall–Kier alpha value is -0.800. The van der Waals surface area contributed by atoms with Crippen molar-refractivity contribution in [3.05, 3.63) is 23.0 Å². The van der Waals surface area contributed by atoms with Gasteiger partial charge in [0, 0.05) is 35.1 Å². The van der Waals surface area contributed by atoms with Crippen LogP contribution in [0.1, 0.15) is 74.0 Å². The van der Waals surface area contributed by atoms with Crippen molar-refractivity contribution in [2.24, 2.45) is 0 Å². The minimum Gasteiger partial charge on any atom is -0.388 e. The van der Waals surface area contributed by atoms with Gasteiger partial charge in [0.25, 0.3) is 0 Å². The third kappa shape index (κ3) is 2.17. The van der Waals surface area contributed by atoms with E-state index in [2.05, 4.69) is 29.5 Å². The van der Waals surface area contributed by atoms with Crippen molar-refractivity contribution >= 4 is 0 Å². The maximum absolute atomic E-state index is 10.3. The first-order valence-corrected chi connectivity index (χ1v) is 8.75.